The van der Waals surface area contributed by atoms with Crippen molar-refractivity contribution in [3.8, 4) is 0 Å². The standard InChI is InChI=1S/C20H17BrClN3O5S/c21-11-1-3-16(14(7-11)20(26)27)25-19-13-8-12(22)2-4-15(13)24-9-17(19)31(28,29)18-10-23-5-6-30-18/h1-4,7-9,18,23H,5-6,10H2,(H,24,25)(H,26,27). The zero-order chi connectivity index (χ0) is 22.2. The van der Waals surface area contributed by atoms with Crippen LogP contribution in [-0.4, -0.2) is 49.6 Å². The van der Waals surface area contributed by atoms with Gasteiger partial charge in [-0.1, -0.05) is 27.5 Å². The van der Waals surface area contributed by atoms with Crippen molar-refractivity contribution in [2.24, 2.45) is 0 Å². The van der Waals surface area contributed by atoms with Crippen molar-refractivity contribution < 1.29 is 23.1 Å². The van der Waals surface area contributed by atoms with Gasteiger partial charge in [-0.2, -0.15) is 0 Å². The molecule has 11 heteroatoms. The van der Waals surface area contributed by atoms with E-state index in [1.165, 1.54) is 12.3 Å². The molecule has 0 radical (unpaired) electrons. The lowest BCUT2D eigenvalue weighted by Crippen LogP contribution is -2.43. The van der Waals surface area contributed by atoms with E-state index in [0.29, 0.717) is 26.9 Å². The van der Waals surface area contributed by atoms with Gasteiger partial charge in [0.25, 0.3) is 0 Å². The Kier molecular flexibility index (Phi) is 6.18. The summed E-state index contributed by atoms with van der Waals surface area (Å²) in [7, 11) is -3.97. The van der Waals surface area contributed by atoms with Gasteiger partial charge in [-0.05, 0) is 36.4 Å². The van der Waals surface area contributed by atoms with Crippen molar-refractivity contribution in [2.45, 2.75) is 10.3 Å². The molecule has 3 N–H and O–H groups in total. The number of aromatic carboxylic acids is 1. The molecule has 1 saturated heterocycles. The highest BCUT2D eigenvalue weighted by Gasteiger charge is 2.33. The van der Waals surface area contributed by atoms with Gasteiger partial charge in [0, 0.05) is 34.2 Å². The summed E-state index contributed by atoms with van der Waals surface area (Å²) in [6.45, 7) is 0.951. The van der Waals surface area contributed by atoms with Gasteiger partial charge in [0.2, 0.25) is 9.84 Å². The van der Waals surface area contributed by atoms with Crippen LogP contribution in [0, 0.1) is 0 Å². The van der Waals surface area contributed by atoms with Crippen LogP contribution < -0.4 is 10.6 Å². The number of benzene rings is 2. The molecule has 8 nitrogen and oxygen atoms in total. The molecule has 0 saturated carbocycles. The minimum Gasteiger partial charge on any atom is -0.478 e. The van der Waals surface area contributed by atoms with E-state index in [0.717, 1.165) is 0 Å². The molecule has 0 aliphatic carbocycles. The third kappa shape index (κ3) is 4.39. The van der Waals surface area contributed by atoms with Crippen LogP contribution >= 0.6 is 27.5 Å². The van der Waals surface area contributed by atoms with E-state index in [2.05, 4.69) is 31.5 Å². The number of fused-ring (bicyclic) bond motifs is 1. The Morgan fingerprint density at radius 2 is 2.10 bits per heavy atom. The fourth-order valence-corrected chi connectivity index (χ4v) is 5.38. The topological polar surface area (TPSA) is 118 Å². The molecule has 1 fully saturated rings. The molecule has 2 aromatic carbocycles. The number of sulfone groups is 1. The molecular weight excluding hydrogens is 510 g/mol. The number of anilines is 2. The van der Waals surface area contributed by atoms with Gasteiger partial charge in [0.1, 0.15) is 4.90 Å². The Hall–Kier alpha value is -2.24. The van der Waals surface area contributed by atoms with Gasteiger partial charge >= 0.3 is 5.97 Å². The molecule has 1 atom stereocenters. The summed E-state index contributed by atoms with van der Waals surface area (Å²) in [6, 6.07) is 9.55. The van der Waals surface area contributed by atoms with Gasteiger partial charge in [-0.25, -0.2) is 13.2 Å². The summed E-state index contributed by atoms with van der Waals surface area (Å²) < 4.78 is 32.9. The van der Waals surface area contributed by atoms with Crippen molar-refractivity contribution in [1.29, 1.82) is 0 Å². The Morgan fingerprint density at radius 1 is 1.29 bits per heavy atom. The highest BCUT2D eigenvalue weighted by molar-refractivity contribution is 9.10. The summed E-state index contributed by atoms with van der Waals surface area (Å²) in [5.41, 5.74) is -0.208. The van der Waals surface area contributed by atoms with Gasteiger partial charge in [0.05, 0.1) is 29.1 Å². The number of nitrogens with zero attached hydrogens (tertiary/aromatic N) is 1. The fraction of sp³-hybridized carbons (Fsp3) is 0.200. The van der Waals surface area contributed by atoms with Crippen LogP contribution in [0.4, 0.5) is 11.4 Å². The SMILES string of the molecule is O=C(O)c1cc(Br)ccc1Nc1c(S(=O)(=O)C2CNCCO2)cnc2ccc(Cl)cc12. The first-order valence-corrected chi connectivity index (χ1v) is 11.9. The number of hydrogen-bond acceptors (Lipinski definition) is 7. The maximum Gasteiger partial charge on any atom is 0.337 e. The zero-order valence-electron chi connectivity index (χ0n) is 15.9. The third-order valence-corrected chi connectivity index (χ3v) is 7.46. The van der Waals surface area contributed by atoms with Gasteiger partial charge in [-0.3, -0.25) is 4.98 Å². The lowest BCUT2D eigenvalue weighted by atomic mass is 10.1. The van der Waals surface area contributed by atoms with Crippen LogP contribution in [0.2, 0.25) is 5.02 Å². The molecule has 1 aromatic heterocycles. The Labute approximate surface area is 191 Å². The number of pyridine rings is 1. The monoisotopic (exact) mass is 525 g/mol. The number of carboxylic acid groups (broad SMARTS) is 1. The fourth-order valence-electron chi connectivity index (χ4n) is 3.31. The van der Waals surface area contributed by atoms with Crippen molar-refractivity contribution in [1.82, 2.24) is 10.3 Å². The molecular formula is C20H17BrClN3O5S. The number of rotatable bonds is 5. The van der Waals surface area contributed by atoms with Crippen molar-refractivity contribution in [3.63, 3.8) is 0 Å². The van der Waals surface area contributed by atoms with Gasteiger partial charge < -0.3 is 20.5 Å². The summed E-state index contributed by atoms with van der Waals surface area (Å²) in [5, 5.41) is 16.5. The zero-order valence-corrected chi connectivity index (χ0v) is 19.1. The molecule has 3 aromatic rings. The molecule has 31 heavy (non-hydrogen) atoms. The summed E-state index contributed by atoms with van der Waals surface area (Å²) in [4.78, 5) is 15.9. The average Bonchev–Trinajstić information content (AvgIpc) is 2.75. The second-order valence-electron chi connectivity index (χ2n) is 6.83. The van der Waals surface area contributed by atoms with Crippen LogP contribution in [0.5, 0.6) is 0 Å². The number of nitrogens with one attached hydrogen (secondary N) is 2. The maximum absolute atomic E-state index is 13.4. The molecule has 1 unspecified atom stereocenters. The van der Waals surface area contributed by atoms with E-state index in [9.17, 15) is 18.3 Å². The maximum atomic E-state index is 13.4. The highest BCUT2D eigenvalue weighted by atomic mass is 79.9. The third-order valence-electron chi connectivity index (χ3n) is 4.81. The van der Waals surface area contributed by atoms with Crippen molar-refractivity contribution >= 4 is 65.6 Å². The number of carbonyl (C=O) groups is 1. The van der Waals surface area contributed by atoms with Crippen LogP contribution in [0.1, 0.15) is 10.4 Å². The molecule has 0 amide bonds. The predicted octanol–water partition coefficient (Wildman–Crippen LogP) is 3.81. The number of halogens is 2. The normalized spacial score (nSPS) is 16.9. The van der Waals surface area contributed by atoms with E-state index in [1.54, 1.807) is 30.3 Å². The van der Waals surface area contributed by atoms with E-state index in [1.807, 2.05) is 0 Å². The summed E-state index contributed by atoms with van der Waals surface area (Å²) >= 11 is 9.43. The number of carboxylic acids is 1. The Balaban J connectivity index is 1.93. The minimum atomic E-state index is -3.97. The summed E-state index contributed by atoms with van der Waals surface area (Å²) in [5.74, 6) is -1.16. The number of aromatic nitrogens is 1. The summed E-state index contributed by atoms with van der Waals surface area (Å²) in [6.07, 6.45) is 1.26. The van der Waals surface area contributed by atoms with E-state index >= 15 is 0 Å². The average molecular weight is 527 g/mol. The van der Waals surface area contributed by atoms with Gasteiger partial charge in [0.15, 0.2) is 5.44 Å². The van der Waals surface area contributed by atoms with Crippen LogP contribution in [-0.2, 0) is 14.6 Å². The van der Waals surface area contributed by atoms with E-state index in [-0.39, 0.29) is 35.0 Å². The number of morpholine rings is 1. The Morgan fingerprint density at radius 3 is 2.81 bits per heavy atom. The molecule has 1 aliphatic rings. The van der Waals surface area contributed by atoms with Gasteiger partial charge in [-0.15, -0.1) is 0 Å². The largest absolute Gasteiger partial charge is 0.478 e. The first-order chi connectivity index (χ1) is 14.8. The molecule has 0 bridgehead atoms. The van der Waals surface area contributed by atoms with Crippen molar-refractivity contribution in [3.05, 3.63) is 57.7 Å². The second-order valence-corrected chi connectivity index (χ2v) is 10.2. The minimum absolute atomic E-state index is 0.0275. The first-order valence-electron chi connectivity index (χ1n) is 9.22. The molecule has 4 rings (SSSR count). The highest BCUT2D eigenvalue weighted by Crippen LogP contribution is 2.36. The number of ether oxygens (including phenoxy) is 1. The first kappa shape index (κ1) is 22.0. The molecule has 2 heterocycles. The lowest BCUT2D eigenvalue weighted by Gasteiger charge is -2.25. The van der Waals surface area contributed by atoms with Crippen LogP contribution in [0.25, 0.3) is 10.9 Å². The van der Waals surface area contributed by atoms with Crippen molar-refractivity contribution in [2.75, 3.05) is 25.0 Å². The molecule has 162 valence electrons. The number of hydrogen-bond donors (Lipinski definition) is 3. The van der Waals surface area contributed by atoms with E-state index in [4.69, 9.17) is 16.3 Å². The van der Waals surface area contributed by atoms with Crippen LogP contribution in [0.15, 0.2) is 52.0 Å². The smallest absolute Gasteiger partial charge is 0.337 e. The second kappa shape index (κ2) is 8.71. The lowest BCUT2D eigenvalue weighted by molar-refractivity contribution is 0.0698. The molecule has 0 spiro atoms. The van der Waals surface area contributed by atoms with Crippen LogP contribution in [0.3, 0.4) is 0 Å². The molecule has 1 aliphatic heterocycles. The predicted molar refractivity (Wildman–Crippen MR) is 121 cm³/mol. The Bertz CT molecular complexity index is 1280. The van der Waals surface area contributed by atoms with E-state index < -0.39 is 21.2 Å². The quantitative estimate of drug-likeness (QED) is 0.459.